The topological polar surface area (TPSA) is 53.1 Å². The van der Waals surface area contributed by atoms with E-state index in [2.05, 4.69) is 25.9 Å². The Morgan fingerprint density at radius 1 is 1.26 bits per heavy atom. The van der Waals surface area contributed by atoms with Crippen molar-refractivity contribution in [3.63, 3.8) is 0 Å². The van der Waals surface area contributed by atoms with Crippen molar-refractivity contribution in [3.05, 3.63) is 5.69 Å². The average molecular weight is 265 g/mol. The second kappa shape index (κ2) is 5.85. The van der Waals surface area contributed by atoms with Gasteiger partial charge in [0.2, 0.25) is 5.88 Å². The summed E-state index contributed by atoms with van der Waals surface area (Å²) in [4.78, 5) is 0. The lowest BCUT2D eigenvalue weighted by atomic mass is 9.82. The maximum absolute atomic E-state index is 6.17. The summed E-state index contributed by atoms with van der Waals surface area (Å²) in [6, 6.07) is 0. The second-order valence-electron chi connectivity index (χ2n) is 6.20. The van der Waals surface area contributed by atoms with E-state index in [1.807, 2.05) is 7.05 Å². The predicted molar refractivity (Wildman–Crippen MR) is 78.2 cm³/mol. The minimum Gasteiger partial charge on any atom is -0.473 e. The number of hydrogen-bond donors (Lipinski definition) is 1. The van der Waals surface area contributed by atoms with Gasteiger partial charge in [-0.05, 0) is 37.5 Å². The smallest absolute Gasteiger partial charge is 0.236 e. The third-order valence-corrected chi connectivity index (χ3v) is 4.01. The maximum Gasteiger partial charge on any atom is 0.236 e. The van der Waals surface area contributed by atoms with Crippen molar-refractivity contribution in [2.45, 2.75) is 59.0 Å². The Bertz CT molecular complexity index is 417. The summed E-state index contributed by atoms with van der Waals surface area (Å²) >= 11 is 0. The second-order valence-corrected chi connectivity index (χ2v) is 6.20. The molecule has 1 aromatic heterocycles. The van der Waals surface area contributed by atoms with Gasteiger partial charge in [0.25, 0.3) is 0 Å². The molecule has 0 saturated heterocycles. The zero-order chi connectivity index (χ0) is 14.0. The van der Waals surface area contributed by atoms with Crippen LogP contribution in [0.15, 0.2) is 0 Å². The summed E-state index contributed by atoms with van der Waals surface area (Å²) in [7, 11) is 1.92. The van der Waals surface area contributed by atoms with Crippen molar-refractivity contribution in [1.82, 2.24) is 9.78 Å². The minimum absolute atomic E-state index is 0.283. The van der Waals surface area contributed by atoms with Gasteiger partial charge < -0.3 is 10.5 Å². The lowest BCUT2D eigenvalue weighted by Gasteiger charge is -2.31. The largest absolute Gasteiger partial charge is 0.473 e. The van der Waals surface area contributed by atoms with Crippen molar-refractivity contribution in [3.8, 4) is 5.88 Å². The first kappa shape index (κ1) is 14.2. The number of nitrogen functional groups attached to an aromatic ring is 1. The van der Waals surface area contributed by atoms with E-state index in [1.54, 1.807) is 4.68 Å². The normalized spacial score (nSPS) is 27.5. The Kier molecular flexibility index (Phi) is 4.38. The number of rotatable bonds is 4. The number of anilines is 1. The van der Waals surface area contributed by atoms with E-state index in [0.29, 0.717) is 0 Å². The van der Waals surface area contributed by atoms with Gasteiger partial charge in [-0.2, -0.15) is 5.10 Å². The fourth-order valence-corrected chi connectivity index (χ4v) is 3.27. The zero-order valence-corrected chi connectivity index (χ0v) is 12.6. The molecule has 2 unspecified atom stereocenters. The molecule has 108 valence electrons. The van der Waals surface area contributed by atoms with Crippen LogP contribution in [-0.4, -0.2) is 15.9 Å². The van der Waals surface area contributed by atoms with Gasteiger partial charge in [-0.1, -0.05) is 27.2 Å². The molecule has 0 spiro atoms. The van der Waals surface area contributed by atoms with Crippen LogP contribution in [0.3, 0.4) is 0 Å². The fraction of sp³-hybridized carbons (Fsp3) is 0.800. The summed E-state index contributed by atoms with van der Waals surface area (Å²) in [5.41, 5.74) is 7.87. The highest BCUT2D eigenvalue weighted by molar-refractivity contribution is 5.53. The highest BCUT2D eigenvalue weighted by Crippen LogP contribution is 2.34. The van der Waals surface area contributed by atoms with Crippen LogP contribution < -0.4 is 10.5 Å². The number of nitrogens with zero attached hydrogens (tertiary/aromatic N) is 2. The molecule has 2 rings (SSSR count). The van der Waals surface area contributed by atoms with Gasteiger partial charge in [-0.15, -0.1) is 0 Å². The first-order chi connectivity index (χ1) is 9.01. The Hall–Kier alpha value is -1.19. The molecule has 2 N–H and O–H groups in total. The van der Waals surface area contributed by atoms with Gasteiger partial charge >= 0.3 is 0 Å². The molecule has 4 heteroatoms. The molecular formula is C15H27N3O. The average Bonchev–Trinajstić information content (AvgIpc) is 2.56. The summed E-state index contributed by atoms with van der Waals surface area (Å²) < 4.78 is 7.96. The van der Waals surface area contributed by atoms with Gasteiger partial charge in [0, 0.05) is 7.05 Å². The molecule has 1 heterocycles. The van der Waals surface area contributed by atoms with Crippen LogP contribution >= 0.6 is 0 Å². The van der Waals surface area contributed by atoms with Crippen molar-refractivity contribution in [2.24, 2.45) is 18.9 Å². The summed E-state index contributed by atoms with van der Waals surface area (Å²) in [6.07, 6.45) is 5.81. The van der Waals surface area contributed by atoms with Crippen LogP contribution in [0.25, 0.3) is 0 Å². The predicted octanol–water partition coefficient (Wildman–Crippen LogP) is 3.16. The molecule has 1 aliphatic rings. The van der Waals surface area contributed by atoms with E-state index in [1.165, 1.54) is 6.42 Å². The fourth-order valence-electron chi connectivity index (χ4n) is 3.27. The van der Waals surface area contributed by atoms with Gasteiger partial charge in [0.05, 0.1) is 5.69 Å². The van der Waals surface area contributed by atoms with Crippen molar-refractivity contribution < 1.29 is 4.74 Å². The number of ether oxygens (including phenoxy) is 1. The summed E-state index contributed by atoms with van der Waals surface area (Å²) in [5, 5.41) is 4.47. The van der Waals surface area contributed by atoms with Crippen LogP contribution in [0, 0.1) is 11.8 Å². The van der Waals surface area contributed by atoms with Crippen molar-refractivity contribution >= 4 is 5.69 Å². The highest BCUT2D eigenvalue weighted by atomic mass is 16.5. The van der Waals surface area contributed by atoms with Crippen molar-refractivity contribution in [1.29, 1.82) is 0 Å². The molecule has 0 aromatic carbocycles. The van der Waals surface area contributed by atoms with E-state index in [-0.39, 0.29) is 6.10 Å². The zero-order valence-electron chi connectivity index (χ0n) is 12.6. The molecule has 4 nitrogen and oxygen atoms in total. The molecular weight excluding hydrogens is 238 g/mol. The van der Waals surface area contributed by atoms with Crippen LogP contribution in [0.4, 0.5) is 5.69 Å². The third kappa shape index (κ3) is 3.23. The molecule has 1 saturated carbocycles. The van der Waals surface area contributed by atoms with Crippen molar-refractivity contribution in [2.75, 3.05) is 5.73 Å². The quantitative estimate of drug-likeness (QED) is 0.909. The Labute approximate surface area is 116 Å². The lowest BCUT2D eigenvalue weighted by molar-refractivity contribution is 0.0932. The van der Waals surface area contributed by atoms with Crippen LogP contribution in [0.5, 0.6) is 5.88 Å². The molecule has 0 radical (unpaired) electrons. The van der Waals surface area contributed by atoms with Gasteiger partial charge in [-0.25, -0.2) is 4.68 Å². The molecule has 0 amide bonds. The molecule has 0 aliphatic heterocycles. The Morgan fingerprint density at radius 3 is 2.47 bits per heavy atom. The van der Waals surface area contributed by atoms with Gasteiger partial charge in [0.15, 0.2) is 0 Å². The van der Waals surface area contributed by atoms with E-state index in [4.69, 9.17) is 10.5 Å². The lowest BCUT2D eigenvalue weighted by Crippen LogP contribution is -2.29. The van der Waals surface area contributed by atoms with E-state index >= 15 is 0 Å². The van der Waals surface area contributed by atoms with E-state index in [0.717, 1.165) is 54.8 Å². The monoisotopic (exact) mass is 265 g/mol. The SMILES string of the molecule is CCCc1nn(C)c(OC2CC(C)CC(C)C2)c1N. The van der Waals surface area contributed by atoms with Gasteiger partial charge in [-0.3, -0.25) is 0 Å². The number of hydrogen-bond acceptors (Lipinski definition) is 3. The standard InChI is InChI=1S/C15H27N3O/c1-5-6-13-14(16)15(18(4)17-13)19-12-8-10(2)7-11(3)9-12/h10-12H,5-9,16H2,1-4H3. The Morgan fingerprint density at radius 2 is 1.89 bits per heavy atom. The molecule has 1 aliphatic carbocycles. The van der Waals surface area contributed by atoms with Gasteiger partial charge in [0.1, 0.15) is 11.8 Å². The molecule has 19 heavy (non-hydrogen) atoms. The first-order valence-electron chi connectivity index (χ1n) is 7.49. The summed E-state index contributed by atoms with van der Waals surface area (Å²) in [5.74, 6) is 2.23. The third-order valence-electron chi connectivity index (χ3n) is 4.01. The number of nitrogens with two attached hydrogens (primary N) is 1. The first-order valence-corrected chi connectivity index (χ1v) is 7.49. The van der Waals surface area contributed by atoms with E-state index in [9.17, 15) is 0 Å². The van der Waals surface area contributed by atoms with E-state index < -0.39 is 0 Å². The summed E-state index contributed by atoms with van der Waals surface area (Å²) in [6.45, 7) is 6.75. The number of aromatic nitrogens is 2. The maximum atomic E-state index is 6.17. The molecule has 2 atom stereocenters. The van der Waals surface area contributed by atoms with Crippen LogP contribution in [-0.2, 0) is 13.5 Å². The molecule has 0 bridgehead atoms. The highest BCUT2D eigenvalue weighted by Gasteiger charge is 2.27. The Balaban J connectivity index is 2.10. The molecule has 1 aromatic rings. The van der Waals surface area contributed by atoms with Crippen LogP contribution in [0.1, 0.15) is 52.1 Å². The minimum atomic E-state index is 0.283. The number of aryl methyl sites for hydroxylation is 2. The molecule has 1 fully saturated rings. The van der Waals surface area contributed by atoms with Crippen LogP contribution in [0.2, 0.25) is 0 Å².